The van der Waals surface area contributed by atoms with Crippen LogP contribution in [0.5, 0.6) is 0 Å². The molecule has 1 heterocycles. The number of fused-ring (bicyclic) bond motifs is 1. The molecule has 1 unspecified atom stereocenters. The number of nitrogens with one attached hydrogen (secondary N) is 1. The lowest BCUT2D eigenvalue weighted by Gasteiger charge is -2.17. The van der Waals surface area contributed by atoms with E-state index in [1.807, 2.05) is 26.0 Å². The monoisotopic (exact) mass is 285 g/mol. The summed E-state index contributed by atoms with van der Waals surface area (Å²) in [7, 11) is 0. The van der Waals surface area contributed by atoms with Crippen LogP contribution in [0, 0.1) is 6.92 Å². The number of alkyl halides is 3. The van der Waals surface area contributed by atoms with E-state index in [1.54, 1.807) is 12.1 Å². The van der Waals surface area contributed by atoms with Crippen molar-refractivity contribution in [3.63, 3.8) is 0 Å². The third-order valence-electron chi connectivity index (χ3n) is 3.11. The van der Waals surface area contributed by atoms with Crippen molar-refractivity contribution in [1.29, 1.82) is 0 Å². The molecule has 110 valence electrons. The summed E-state index contributed by atoms with van der Waals surface area (Å²) in [6.45, 7) is 4.38. The second kappa shape index (κ2) is 5.87. The molecule has 5 heteroatoms. The number of aryl methyl sites for hydroxylation is 1. The third-order valence-corrected chi connectivity index (χ3v) is 3.11. The second-order valence-electron chi connectivity index (χ2n) is 5.02. The zero-order chi connectivity index (χ0) is 14.8. The number of hydrogen-bond acceptors (Lipinski definition) is 2. The zero-order valence-corrected chi connectivity index (χ0v) is 11.6. The molecule has 0 bridgehead atoms. The normalized spacial score (nSPS) is 13.8. The molecular formula is C15H18F3NO. The molecule has 0 aliphatic rings. The van der Waals surface area contributed by atoms with Gasteiger partial charge in [-0.05, 0) is 38.1 Å². The van der Waals surface area contributed by atoms with E-state index in [0.29, 0.717) is 17.9 Å². The Hall–Kier alpha value is -1.49. The highest BCUT2D eigenvalue weighted by molar-refractivity contribution is 5.78. The average Bonchev–Trinajstić information content (AvgIpc) is 2.75. The fourth-order valence-corrected chi connectivity index (χ4v) is 2.18. The third kappa shape index (κ3) is 3.76. The van der Waals surface area contributed by atoms with Crippen LogP contribution >= 0.6 is 0 Å². The van der Waals surface area contributed by atoms with Crippen LogP contribution in [-0.4, -0.2) is 12.7 Å². The Bertz CT molecular complexity index is 574. The molecule has 1 aromatic heterocycles. The van der Waals surface area contributed by atoms with Crippen molar-refractivity contribution in [2.24, 2.45) is 0 Å². The van der Waals surface area contributed by atoms with Gasteiger partial charge in [-0.15, -0.1) is 0 Å². The Morgan fingerprint density at radius 3 is 2.65 bits per heavy atom. The molecule has 0 amide bonds. The first-order valence-corrected chi connectivity index (χ1v) is 6.69. The minimum Gasteiger partial charge on any atom is -0.459 e. The molecule has 2 aromatic rings. The minimum absolute atomic E-state index is 0.344. The quantitative estimate of drug-likeness (QED) is 0.858. The number of furan rings is 1. The molecule has 0 fully saturated rings. The van der Waals surface area contributed by atoms with Gasteiger partial charge in [0.1, 0.15) is 11.3 Å². The van der Waals surface area contributed by atoms with Gasteiger partial charge in [0, 0.05) is 5.39 Å². The Labute approximate surface area is 116 Å². The first kappa shape index (κ1) is 14.9. The first-order chi connectivity index (χ1) is 9.39. The van der Waals surface area contributed by atoms with Crippen molar-refractivity contribution in [2.75, 3.05) is 6.54 Å². The van der Waals surface area contributed by atoms with Crippen LogP contribution in [0.15, 0.2) is 28.7 Å². The molecule has 1 aromatic carbocycles. The maximum atomic E-state index is 12.7. The molecule has 20 heavy (non-hydrogen) atoms. The van der Waals surface area contributed by atoms with E-state index >= 15 is 0 Å². The van der Waals surface area contributed by atoms with E-state index in [4.69, 9.17) is 4.42 Å². The highest BCUT2D eigenvalue weighted by atomic mass is 19.4. The summed E-state index contributed by atoms with van der Waals surface area (Å²) < 4.78 is 43.5. The van der Waals surface area contributed by atoms with Gasteiger partial charge in [0.15, 0.2) is 0 Å². The summed E-state index contributed by atoms with van der Waals surface area (Å²) in [5, 5.41) is 3.74. The summed E-state index contributed by atoms with van der Waals surface area (Å²) >= 11 is 0. The molecule has 0 radical (unpaired) electrons. The number of benzene rings is 1. The topological polar surface area (TPSA) is 25.2 Å². The summed E-state index contributed by atoms with van der Waals surface area (Å²) in [4.78, 5) is 0. The molecule has 0 aliphatic heterocycles. The van der Waals surface area contributed by atoms with Crippen molar-refractivity contribution < 1.29 is 17.6 Å². The van der Waals surface area contributed by atoms with Crippen LogP contribution in [0.4, 0.5) is 13.2 Å². The number of rotatable bonds is 5. The minimum atomic E-state index is -4.22. The van der Waals surface area contributed by atoms with E-state index in [1.165, 1.54) is 0 Å². The SMILES string of the molecule is CCCNC(CC(F)(F)F)c1cc2cc(C)ccc2o1. The van der Waals surface area contributed by atoms with E-state index in [-0.39, 0.29) is 0 Å². The standard InChI is InChI=1S/C15H18F3NO/c1-3-6-19-12(9-15(16,17)18)14-8-11-7-10(2)4-5-13(11)20-14/h4-5,7-8,12,19H,3,6,9H2,1-2H3. The van der Waals surface area contributed by atoms with Crippen molar-refractivity contribution in [2.45, 2.75) is 38.9 Å². The van der Waals surface area contributed by atoms with Crippen LogP contribution in [0.3, 0.4) is 0 Å². The van der Waals surface area contributed by atoms with Gasteiger partial charge in [0.2, 0.25) is 0 Å². The number of hydrogen-bond donors (Lipinski definition) is 1. The molecule has 1 atom stereocenters. The summed E-state index contributed by atoms with van der Waals surface area (Å²) in [6.07, 6.45) is -4.38. The summed E-state index contributed by atoms with van der Waals surface area (Å²) in [6, 6.07) is 6.45. The van der Waals surface area contributed by atoms with Crippen molar-refractivity contribution >= 4 is 11.0 Å². The highest BCUT2D eigenvalue weighted by Gasteiger charge is 2.33. The highest BCUT2D eigenvalue weighted by Crippen LogP contribution is 2.32. The molecule has 2 rings (SSSR count). The van der Waals surface area contributed by atoms with Gasteiger partial charge in [0.05, 0.1) is 12.5 Å². The Morgan fingerprint density at radius 2 is 2.00 bits per heavy atom. The molecule has 0 spiro atoms. The lowest BCUT2D eigenvalue weighted by molar-refractivity contribution is -0.141. The first-order valence-electron chi connectivity index (χ1n) is 6.69. The van der Waals surface area contributed by atoms with E-state index in [9.17, 15) is 13.2 Å². The van der Waals surface area contributed by atoms with Crippen molar-refractivity contribution in [3.8, 4) is 0 Å². The van der Waals surface area contributed by atoms with Gasteiger partial charge in [-0.3, -0.25) is 0 Å². The van der Waals surface area contributed by atoms with Crippen LogP contribution in [0.1, 0.15) is 37.1 Å². The Balaban J connectivity index is 2.29. The lowest BCUT2D eigenvalue weighted by atomic mass is 10.1. The van der Waals surface area contributed by atoms with Gasteiger partial charge in [0.25, 0.3) is 0 Å². The fraction of sp³-hybridized carbons (Fsp3) is 0.467. The molecule has 0 saturated carbocycles. The molecule has 1 N–H and O–H groups in total. The van der Waals surface area contributed by atoms with Gasteiger partial charge in [-0.2, -0.15) is 13.2 Å². The average molecular weight is 285 g/mol. The van der Waals surface area contributed by atoms with E-state index in [2.05, 4.69) is 5.32 Å². The van der Waals surface area contributed by atoms with Gasteiger partial charge in [-0.25, -0.2) is 0 Å². The summed E-state index contributed by atoms with van der Waals surface area (Å²) in [5.41, 5.74) is 1.68. The second-order valence-corrected chi connectivity index (χ2v) is 5.02. The maximum absolute atomic E-state index is 12.7. The van der Waals surface area contributed by atoms with E-state index in [0.717, 1.165) is 17.4 Å². The van der Waals surface area contributed by atoms with Crippen LogP contribution < -0.4 is 5.32 Å². The smallest absolute Gasteiger partial charge is 0.391 e. The molecule has 0 saturated heterocycles. The van der Waals surface area contributed by atoms with Gasteiger partial charge >= 0.3 is 6.18 Å². The van der Waals surface area contributed by atoms with Gasteiger partial charge in [-0.1, -0.05) is 18.6 Å². The molecular weight excluding hydrogens is 267 g/mol. The van der Waals surface area contributed by atoms with Crippen molar-refractivity contribution in [1.82, 2.24) is 5.32 Å². The summed E-state index contributed by atoms with van der Waals surface area (Å²) in [5.74, 6) is 0.344. The predicted molar refractivity (Wildman–Crippen MR) is 72.7 cm³/mol. The predicted octanol–water partition coefficient (Wildman–Crippen LogP) is 4.73. The largest absolute Gasteiger partial charge is 0.459 e. The van der Waals surface area contributed by atoms with Crippen molar-refractivity contribution in [3.05, 3.63) is 35.6 Å². The zero-order valence-electron chi connectivity index (χ0n) is 11.6. The van der Waals surface area contributed by atoms with Gasteiger partial charge < -0.3 is 9.73 Å². The fourth-order valence-electron chi connectivity index (χ4n) is 2.18. The Morgan fingerprint density at radius 1 is 1.25 bits per heavy atom. The maximum Gasteiger partial charge on any atom is 0.391 e. The van der Waals surface area contributed by atoms with Crippen LogP contribution in [0.25, 0.3) is 11.0 Å². The molecule has 2 nitrogen and oxygen atoms in total. The number of halogens is 3. The van der Waals surface area contributed by atoms with E-state index < -0.39 is 18.6 Å². The van der Waals surface area contributed by atoms with Crippen LogP contribution in [-0.2, 0) is 0 Å². The van der Waals surface area contributed by atoms with Crippen LogP contribution in [0.2, 0.25) is 0 Å². The molecule has 0 aliphatic carbocycles. The Kier molecular flexibility index (Phi) is 4.38. The lowest BCUT2D eigenvalue weighted by Crippen LogP contribution is -2.27.